The lowest BCUT2D eigenvalue weighted by Crippen LogP contribution is -2.16. The number of methoxy groups -OCH3 is 1. The van der Waals surface area contributed by atoms with Gasteiger partial charge in [0.05, 0.1) is 12.2 Å². The number of ether oxygens (including phenoxy) is 2. The lowest BCUT2D eigenvalue weighted by Gasteiger charge is -2.14. The highest BCUT2D eigenvalue weighted by atomic mass is 32.2. The van der Waals surface area contributed by atoms with Crippen molar-refractivity contribution >= 4 is 17.6 Å². The molecule has 0 radical (unpaired) electrons. The van der Waals surface area contributed by atoms with Crippen LogP contribution in [0.2, 0.25) is 0 Å². The molecule has 0 saturated heterocycles. The van der Waals surface area contributed by atoms with Gasteiger partial charge in [-0.15, -0.1) is 11.8 Å². The number of hydrogen-bond donors (Lipinski definition) is 2. The molecule has 106 valence electrons. The highest BCUT2D eigenvalue weighted by molar-refractivity contribution is 7.99. The molecular formula is C13H20N2O3S. The number of nitrogens with two attached hydrogens (primary N) is 1. The van der Waals surface area contributed by atoms with Crippen LogP contribution in [0.3, 0.4) is 0 Å². The molecule has 0 spiro atoms. The molecule has 19 heavy (non-hydrogen) atoms. The molecule has 0 fully saturated rings. The predicted molar refractivity (Wildman–Crippen MR) is 77.3 cm³/mol. The summed E-state index contributed by atoms with van der Waals surface area (Å²) >= 11 is 1.63. The molecule has 0 aliphatic heterocycles. The second kappa shape index (κ2) is 8.66. The van der Waals surface area contributed by atoms with E-state index in [4.69, 9.17) is 20.4 Å². The second-order valence-corrected chi connectivity index (χ2v) is 5.05. The summed E-state index contributed by atoms with van der Waals surface area (Å²) in [6, 6.07) is 5.65. The maximum Gasteiger partial charge on any atom is 0.174 e. The first-order chi connectivity index (χ1) is 9.24. The second-order valence-electron chi connectivity index (χ2n) is 3.74. The number of oxime groups is 1. The first-order valence-electron chi connectivity index (χ1n) is 6.10. The monoisotopic (exact) mass is 284 g/mol. The van der Waals surface area contributed by atoms with Crippen LogP contribution in [0, 0.1) is 0 Å². The Bertz CT molecular complexity index is 424. The van der Waals surface area contributed by atoms with E-state index in [2.05, 4.69) is 5.16 Å². The van der Waals surface area contributed by atoms with Gasteiger partial charge in [-0.2, -0.15) is 0 Å². The molecule has 1 rings (SSSR count). The van der Waals surface area contributed by atoms with Gasteiger partial charge in [-0.1, -0.05) is 18.1 Å². The summed E-state index contributed by atoms with van der Waals surface area (Å²) in [5, 5.41) is 12.0. The average Bonchev–Trinajstić information content (AvgIpc) is 2.43. The minimum atomic E-state index is 0.0679. The van der Waals surface area contributed by atoms with Crippen LogP contribution in [0.4, 0.5) is 0 Å². The first kappa shape index (κ1) is 15.7. The molecule has 0 saturated carbocycles. The molecule has 0 aromatic heterocycles. The molecule has 0 unspecified atom stereocenters. The molecule has 0 heterocycles. The van der Waals surface area contributed by atoms with Crippen LogP contribution >= 0.6 is 11.8 Å². The largest absolute Gasteiger partial charge is 0.493 e. The number of hydrogen-bond acceptors (Lipinski definition) is 5. The normalized spacial score (nSPS) is 11.6. The maximum absolute atomic E-state index is 8.89. The highest BCUT2D eigenvalue weighted by Crippen LogP contribution is 2.30. The smallest absolute Gasteiger partial charge is 0.174 e. The van der Waals surface area contributed by atoms with E-state index in [0.29, 0.717) is 24.5 Å². The van der Waals surface area contributed by atoms with Crippen molar-refractivity contribution in [2.45, 2.75) is 18.2 Å². The summed E-state index contributed by atoms with van der Waals surface area (Å²) < 4.78 is 10.7. The molecule has 6 heteroatoms. The van der Waals surface area contributed by atoms with Gasteiger partial charge in [-0.05, 0) is 17.9 Å². The van der Waals surface area contributed by atoms with E-state index in [0.717, 1.165) is 17.1 Å². The standard InChI is InChI=1S/C13H20N2O3S/c1-3-19-11-7-4-6-10(12(11)13(14)15-16)18-9-5-8-17-2/h4,6-7,16H,3,5,8-9H2,1-2H3,(H2,14,15). The third-order valence-corrected chi connectivity index (χ3v) is 3.34. The van der Waals surface area contributed by atoms with E-state index in [9.17, 15) is 0 Å². The summed E-state index contributed by atoms with van der Waals surface area (Å²) in [4.78, 5) is 0.946. The van der Waals surface area contributed by atoms with Crippen molar-refractivity contribution in [1.29, 1.82) is 0 Å². The lowest BCUT2D eigenvalue weighted by atomic mass is 10.2. The fourth-order valence-corrected chi connectivity index (χ4v) is 2.43. The molecule has 0 aliphatic rings. The van der Waals surface area contributed by atoms with Gasteiger partial charge in [0, 0.05) is 25.0 Å². The van der Waals surface area contributed by atoms with Crippen molar-refractivity contribution in [1.82, 2.24) is 0 Å². The fourth-order valence-electron chi connectivity index (χ4n) is 1.59. The van der Waals surface area contributed by atoms with Gasteiger partial charge < -0.3 is 20.4 Å². The molecule has 1 aromatic carbocycles. The van der Waals surface area contributed by atoms with E-state index in [-0.39, 0.29) is 5.84 Å². The Hall–Kier alpha value is -1.40. The highest BCUT2D eigenvalue weighted by Gasteiger charge is 2.14. The SMILES string of the molecule is CCSc1cccc(OCCCOC)c1/C(N)=N/O. The van der Waals surface area contributed by atoms with Crippen molar-refractivity contribution in [3.63, 3.8) is 0 Å². The topological polar surface area (TPSA) is 77.1 Å². The van der Waals surface area contributed by atoms with E-state index in [1.807, 2.05) is 25.1 Å². The maximum atomic E-state index is 8.89. The quantitative estimate of drug-likeness (QED) is 0.191. The summed E-state index contributed by atoms with van der Waals surface area (Å²) in [6.07, 6.45) is 0.789. The average molecular weight is 284 g/mol. The van der Waals surface area contributed by atoms with Crippen LogP contribution < -0.4 is 10.5 Å². The Kier molecular flexibility index (Phi) is 7.14. The van der Waals surface area contributed by atoms with Crippen LogP contribution in [-0.2, 0) is 4.74 Å². The Balaban J connectivity index is 2.92. The van der Waals surface area contributed by atoms with Gasteiger partial charge in [0.1, 0.15) is 5.75 Å². The Morgan fingerprint density at radius 2 is 2.21 bits per heavy atom. The van der Waals surface area contributed by atoms with Crippen LogP contribution in [0.5, 0.6) is 5.75 Å². The number of rotatable bonds is 8. The van der Waals surface area contributed by atoms with Gasteiger partial charge >= 0.3 is 0 Å². The summed E-state index contributed by atoms with van der Waals surface area (Å²) in [5.41, 5.74) is 6.39. The lowest BCUT2D eigenvalue weighted by molar-refractivity contribution is 0.172. The van der Waals surface area contributed by atoms with Crippen molar-refractivity contribution in [2.75, 3.05) is 26.1 Å². The van der Waals surface area contributed by atoms with Gasteiger partial charge in [0.15, 0.2) is 5.84 Å². The van der Waals surface area contributed by atoms with Crippen molar-refractivity contribution in [3.05, 3.63) is 23.8 Å². The van der Waals surface area contributed by atoms with Crippen molar-refractivity contribution in [3.8, 4) is 5.75 Å². The third-order valence-electron chi connectivity index (χ3n) is 2.40. The predicted octanol–water partition coefficient (Wildman–Crippen LogP) is 2.31. The fraction of sp³-hybridized carbons (Fsp3) is 0.462. The van der Waals surface area contributed by atoms with E-state index < -0.39 is 0 Å². The summed E-state index contributed by atoms with van der Waals surface area (Å²) in [6.45, 7) is 3.22. The molecule has 0 atom stereocenters. The number of amidine groups is 1. The number of thioether (sulfide) groups is 1. The molecule has 0 bridgehead atoms. The number of benzene rings is 1. The molecule has 0 amide bonds. The Morgan fingerprint density at radius 1 is 1.42 bits per heavy atom. The van der Waals surface area contributed by atoms with Gasteiger partial charge in [0.25, 0.3) is 0 Å². The molecule has 5 nitrogen and oxygen atoms in total. The molecular weight excluding hydrogens is 264 g/mol. The zero-order valence-electron chi connectivity index (χ0n) is 11.3. The van der Waals surface area contributed by atoms with Gasteiger partial charge in [-0.3, -0.25) is 0 Å². The minimum Gasteiger partial charge on any atom is -0.493 e. The molecule has 1 aromatic rings. The Labute approximate surface area is 117 Å². The van der Waals surface area contributed by atoms with Crippen LogP contribution in [-0.4, -0.2) is 37.1 Å². The van der Waals surface area contributed by atoms with Crippen LogP contribution in [0.1, 0.15) is 18.9 Å². The van der Waals surface area contributed by atoms with E-state index in [1.54, 1.807) is 18.9 Å². The van der Waals surface area contributed by atoms with Crippen molar-refractivity contribution in [2.24, 2.45) is 10.9 Å². The van der Waals surface area contributed by atoms with Gasteiger partial charge in [0.2, 0.25) is 0 Å². The number of nitrogens with zero attached hydrogens (tertiary/aromatic N) is 1. The molecule has 0 aliphatic carbocycles. The molecule has 3 N–H and O–H groups in total. The van der Waals surface area contributed by atoms with Gasteiger partial charge in [-0.25, -0.2) is 0 Å². The van der Waals surface area contributed by atoms with Crippen molar-refractivity contribution < 1.29 is 14.7 Å². The van der Waals surface area contributed by atoms with E-state index >= 15 is 0 Å². The van der Waals surface area contributed by atoms with Crippen LogP contribution in [0.25, 0.3) is 0 Å². The third kappa shape index (κ3) is 4.65. The van der Waals surface area contributed by atoms with E-state index in [1.165, 1.54) is 0 Å². The first-order valence-corrected chi connectivity index (χ1v) is 7.08. The summed E-state index contributed by atoms with van der Waals surface area (Å²) in [7, 11) is 1.65. The summed E-state index contributed by atoms with van der Waals surface area (Å²) in [5.74, 6) is 1.60. The zero-order valence-corrected chi connectivity index (χ0v) is 12.1. The minimum absolute atomic E-state index is 0.0679. The zero-order chi connectivity index (χ0) is 14.1. The van der Waals surface area contributed by atoms with Crippen LogP contribution in [0.15, 0.2) is 28.3 Å². The Morgan fingerprint density at radius 3 is 2.84 bits per heavy atom.